The van der Waals surface area contributed by atoms with E-state index in [1.54, 1.807) is 4.90 Å². The standard InChI is InChI=1S/C13H18N2O2/c1-17-13(16)15-9-7-14(8-10-15)11-12-5-3-2-4-6-12/h2-6H,7-11H2,1H3/i1-1. The normalized spacial score (nSPS) is 16.9. The lowest BCUT2D eigenvalue weighted by Gasteiger charge is -2.33. The molecule has 17 heavy (non-hydrogen) atoms. The van der Waals surface area contributed by atoms with Crippen LogP contribution in [0, 0.1) is 0 Å². The molecule has 0 saturated carbocycles. The second-order valence-electron chi connectivity index (χ2n) is 4.22. The molecule has 1 fully saturated rings. The number of benzene rings is 1. The van der Waals surface area contributed by atoms with E-state index >= 15 is 0 Å². The third-order valence-corrected chi connectivity index (χ3v) is 3.05. The van der Waals surface area contributed by atoms with Gasteiger partial charge in [0.05, 0.1) is 7.11 Å². The number of hydrogen-bond donors (Lipinski definition) is 0. The van der Waals surface area contributed by atoms with Crippen LogP contribution in [-0.4, -0.2) is 49.2 Å². The van der Waals surface area contributed by atoms with Crippen LogP contribution in [0.1, 0.15) is 5.56 Å². The summed E-state index contributed by atoms with van der Waals surface area (Å²) in [4.78, 5) is 15.4. The maximum atomic E-state index is 11.3. The van der Waals surface area contributed by atoms with Crippen molar-refractivity contribution in [3.05, 3.63) is 35.9 Å². The molecule has 1 aliphatic heterocycles. The first-order valence-electron chi connectivity index (χ1n) is 5.89. The van der Waals surface area contributed by atoms with Crippen LogP contribution >= 0.6 is 0 Å². The Balaban J connectivity index is 1.82. The number of amides is 1. The largest absolute Gasteiger partial charge is 0.453 e. The minimum Gasteiger partial charge on any atom is -0.453 e. The van der Waals surface area contributed by atoms with Gasteiger partial charge in [0.1, 0.15) is 0 Å². The minimum absolute atomic E-state index is 0.218. The average molecular weight is 233 g/mol. The van der Waals surface area contributed by atoms with Crippen LogP contribution in [0.2, 0.25) is 0 Å². The second kappa shape index (κ2) is 5.68. The van der Waals surface area contributed by atoms with Crippen LogP contribution in [0.4, 0.5) is 4.79 Å². The summed E-state index contributed by atoms with van der Waals surface area (Å²) in [5.74, 6) is 0. The predicted molar refractivity (Wildman–Crippen MR) is 65.7 cm³/mol. The number of carbonyl (C=O) groups is 1. The molecule has 1 heterocycles. The SMILES string of the molecule is [11CH3]OC(=O)N1CCN(Cc2ccccc2)CC1. The maximum absolute atomic E-state index is 11.3. The van der Waals surface area contributed by atoms with Crippen LogP contribution in [0.15, 0.2) is 30.3 Å². The maximum Gasteiger partial charge on any atom is 0.409 e. The Bertz CT molecular complexity index is 359. The number of rotatable bonds is 2. The number of ether oxygens (including phenoxy) is 1. The summed E-state index contributed by atoms with van der Waals surface area (Å²) >= 11 is 0. The lowest BCUT2D eigenvalue weighted by Crippen LogP contribution is -2.48. The van der Waals surface area contributed by atoms with Crippen molar-refractivity contribution in [1.29, 1.82) is 0 Å². The average Bonchev–Trinajstić information content (AvgIpc) is 2.40. The minimum atomic E-state index is -0.218. The number of methoxy groups -OCH3 is 1. The fourth-order valence-electron chi connectivity index (χ4n) is 2.06. The van der Waals surface area contributed by atoms with Gasteiger partial charge in [0, 0.05) is 32.7 Å². The van der Waals surface area contributed by atoms with Crippen molar-refractivity contribution in [3.63, 3.8) is 0 Å². The topological polar surface area (TPSA) is 32.8 Å². The quantitative estimate of drug-likeness (QED) is 0.777. The van der Waals surface area contributed by atoms with E-state index in [9.17, 15) is 4.79 Å². The summed E-state index contributed by atoms with van der Waals surface area (Å²) in [6.07, 6.45) is -0.218. The zero-order chi connectivity index (χ0) is 12.1. The highest BCUT2D eigenvalue weighted by atomic mass is 16.5. The monoisotopic (exact) mass is 233 g/mol. The molecule has 0 atom stereocenters. The summed E-state index contributed by atoms with van der Waals surface area (Å²) < 4.78 is 4.71. The molecule has 0 aromatic heterocycles. The van der Waals surface area contributed by atoms with Gasteiger partial charge in [-0.1, -0.05) is 30.3 Å². The number of carbonyl (C=O) groups excluding carboxylic acids is 1. The first kappa shape index (κ1) is 11.9. The van der Waals surface area contributed by atoms with E-state index in [1.165, 1.54) is 12.7 Å². The van der Waals surface area contributed by atoms with Crippen molar-refractivity contribution in [3.8, 4) is 0 Å². The van der Waals surface area contributed by atoms with Gasteiger partial charge in [-0.3, -0.25) is 4.90 Å². The van der Waals surface area contributed by atoms with Crippen molar-refractivity contribution in [1.82, 2.24) is 9.80 Å². The van der Waals surface area contributed by atoms with Crippen LogP contribution in [-0.2, 0) is 11.3 Å². The van der Waals surface area contributed by atoms with E-state index < -0.39 is 0 Å². The van der Waals surface area contributed by atoms with Gasteiger partial charge in [-0.15, -0.1) is 0 Å². The molecule has 0 aliphatic carbocycles. The molecule has 0 radical (unpaired) electrons. The van der Waals surface area contributed by atoms with Gasteiger partial charge in [-0.05, 0) is 5.56 Å². The third kappa shape index (κ3) is 3.20. The van der Waals surface area contributed by atoms with Gasteiger partial charge in [-0.25, -0.2) is 4.79 Å². The number of nitrogens with zero attached hydrogens (tertiary/aromatic N) is 2. The summed E-state index contributed by atoms with van der Waals surface area (Å²) in [6.45, 7) is 4.27. The lowest BCUT2D eigenvalue weighted by atomic mass is 10.2. The molecular weight excluding hydrogens is 215 g/mol. The molecule has 2 rings (SSSR count). The Morgan fingerprint density at radius 1 is 1.18 bits per heavy atom. The number of piperazine rings is 1. The summed E-state index contributed by atoms with van der Waals surface area (Å²) in [7, 11) is 1.43. The molecule has 0 bridgehead atoms. The molecule has 1 saturated heterocycles. The van der Waals surface area contributed by atoms with Crippen molar-refractivity contribution < 1.29 is 9.53 Å². The first-order chi connectivity index (χ1) is 8.29. The van der Waals surface area contributed by atoms with E-state index in [-0.39, 0.29) is 6.09 Å². The molecule has 1 aliphatic rings. The fourth-order valence-corrected chi connectivity index (χ4v) is 2.06. The fraction of sp³-hybridized carbons (Fsp3) is 0.462. The van der Waals surface area contributed by atoms with Crippen molar-refractivity contribution >= 4 is 6.09 Å². The summed E-state index contributed by atoms with van der Waals surface area (Å²) in [6, 6.07) is 10.4. The highest BCUT2D eigenvalue weighted by Crippen LogP contribution is 2.08. The Morgan fingerprint density at radius 2 is 1.82 bits per heavy atom. The van der Waals surface area contributed by atoms with Gasteiger partial charge in [-0.2, -0.15) is 0 Å². The molecular formula is C13H18N2O2. The lowest BCUT2D eigenvalue weighted by molar-refractivity contribution is 0.0889. The second-order valence-corrected chi connectivity index (χ2v) is 4.22. The molecule has 0 N–H and O–H groups in total. The molecule has 1 amide bonds. The molecule has 0 spiro atoms. The summed E-state index contributed by atoms with van der Waals surface area (Å²) in [5.41, 5.74) is 1.32. The molecule has 4 heteroatoms. The zero-order valence-corrected chi connectivity index (χ0v) is 10.1. The van der Waals surface area contributed by atoms with E-state index in [4.69, 9.17) is 4.74 Å². The van der Waals surface area contributed by atoms with Crippen molar-refractivity contribution in [2.45, 2.75) is 6.54 Å². The Hall–Kier alpha value is -1.55. The molecule has 92 valence electrons. The summed E-state index contributed by atoms with van der Waals surface area (Å²) in [5, 5.41) is 0. The number of hydrogen-bond acceptors (Lipinski definition) is 3. The van der Waals surface area contributed by atoms with Crippen molar-refractivity contribution in [2.24, 2.45) is 0 Å². The molecule has 0 unspecified atom stereocenters. The van der Waals surface area contributed by atoms with Crippen LogP contribution in [0.3, 0.4) is 0 Å². The van der Waals surface area contributed by atoms with Crippen molar-refractivity contribution in [2.75, 3.05) is 33.3 Å². The van der Waals surface area contributed by atoms with Crippen LogP contribution in [0.25, 0.3) is 0 Å². The molecule has 1 aromatic carbocycles. The predicted octanol–water partition coefficient (Wildman–Crippen LogP) is 1.57. The van der Waals surface area contributed by atoms with Crippen LogP contribution in [0.5, 0.6) is 0 Å². The molecule has 4 nitrogen and oxygen atoms in total. The third-order valence-electron chi connectivity index (χ3n) is 3.05. The zero-order valence-electron chi connectivity index (χ0n) is 10.1. The highest BCUT2D eigenvalue weighted by Gasteiger charge is 2.21. The van der Waals surface area contributed by atoms with Gasteiger partial charge in [0.15, 0.2) is 0 Å². The van der Waals surface area contributed by atoms with E-state index in [0.717, 1.165) is 32.7 Å². The van der Waals surface area contributed by atoms with E-state index in [1.807, 2.05) is 6.07 Å². The Morgan fingerprint density at radius 3 is 2.41 bits per heavy atom. The van der Waals surface area contributed by atoms with E-state index in [2.05, 4.69) is 29.2 Å². The Labute approximate surface area is 102 Å². The Kier molecular flexibility index (Phi) is 3.98. The van der Waals surface area contributed by atoms with Crippen LogP contribution < -0.4 is 0 Å². The first-order valence-corrected chi connectivity index (χ1v) is 5.89. The van der Waals surface area contributed by atoms with Gasteiger partial charge in [0.25, 0.3) is 0 Å². The smallest absolute Gasteiger partial charge is 0.409 e. The highest BCUT2D eigenvalue weighted by molar-refractivity contribution is 5.67. The molecule has 1 aromatic rings. The van der Waals surface area contributed by atoms with Gasteiger partial charge < -0.3 is 9.64 Å². The van der Waals surface area contributed by atoms with Gasteiger partial charge in [0.2, 0.25) is 0 Å². The van der Waals surface area contributed by atoms with Gasteiger partial charge >= 0.3 is 6.09 Å². The van der Waals surface area contributed by atoms with E-state index in [0.29, 0.717) is 0 Å².